The number of nitrogens with zero attached hydrogens (tertiary/aromatic N) is 3. The average molecular weight is 562 g/mol. The molecule has 0 saturated carbocycles. The fourth-order valence-electron chi connectivity index (χ4n) is 4.80. The van der Waals surface area contributed by atoms with Crippen molar-refractivity contribution in [2.24, 2.45) is 4.99 Å². The lowest BCUT2D eigenvalue weighted by molar-refractivity contribution is 0.340. The number of sulfonamides is 1. The molecule has 0 N–H and O–H groups in total. The molecule has 0 spiro atoms. The number of benzene rings is 3. The van der Waals surface area contributed by atoms with E-state index in [1.54, 1.807) is 27.8 Å². The lowest BCUT2D eigenvalue weighted by Gasteiger charge is -2.20. The van der Waals surface area contributed by atoms with E-state index in [0.717, 1.165) is 53.2 Å². The third-order valence-electron chi connectivity index (χ3n) is 6.98. The molecular weight excluding hydrogens is 526 g/mol. The Kier molecular flexibility index (Phi) is 8.65. The van der Waals surface area contributed by atoms with Crippen molar-refractivity contribution < 1.29 is 13.2 Å². The Morgan fingerprint density at radius 1 is 0.872 bits per heavy atom. The average Bonchev–Trinajstić information content (AvgIpc) is 3.13. The van der Waals surface area contributed by atoms with Crippen molar-refractivity contribution in [1.29, 1.82) is 0 Å². The van der Waals surface area contributed by atoms with Crippen molar-refractivity contribution in [2.75, 3.05) is 19.7 Å². The lowest BCUT2D eigenvalue weighted by atomic mass is 10.1. The molecule has 1 aromatic heterocycles. The van der Waals surface area contributed by atoms with E-state index in [1.165, 1.54) is 11.1 Å². The smallest absolute Gasteiger partial charge is 0.243 e. The Morgan fingerprint density at radius 3 is 2.18 bits per heavy atom. The molecule has 0 unspecified atom stereocenters. The van der Waals surface area contributed by atoms with Crippen LogP contribution in [0.2, 0.25) is 0 Å². The van der Waals surface area contributed by atoms with Gasteiger partial charge in [0.05, 0.1) is 29.4 Å². The van der Waals surface area contributed by atoms with Crippen LogP contribution in [0.15, 0.2) is 88.1 Å². The Morgan fingerprint density at radius 2 is 1.54 bits per heavy atom. The van der Waals surface area contributed by atoms with Gasteiger partial charge in [-0.25, -0.2) is 13.4 Å². The van der Waals surface area contributed by atoms with Crippen LogP contribution in [-0.2, 0) is 16.6 Å². The topological polar surface area (TPSA) is 63.9 Å². The maximum Gasteiger partial charge on any atom is 0.243 e. The lowest BCUT2D eigenvalue weighted by Crippen LogP contribution is -2.31. The van der Waals surface area contributed by atoms with Gasteiger partial charge in [0, 0.05) is 18.5 Å². The quantitative estimate of drug-likeness (QED) is 0.239. The molecule has 0 bridgehead atoms. The summed E-state index contributed by atoms with van der Waals surface area (Å²) in [6.07, 6.45) is 4.03. The molecular formula is C31H35N3O3S2. The minimum Gasteiger partial charge on any atom is -0.494 e. The van der Waals surface area contributed by atoms with E-state index in [2.05, 4.69) is 41.1 Å². The number of rotatable bonds is 8. The molecule has 4 aromatic rings. The molecule has 204 valence electrons. The van der Waals surface area contributed by atoms with Gasteiger partial charge in [-0.15, -0.1) is 11.3 Å². The van der Waals surface area contributed by atoms with Crippen molar-refractivity contribution in [3.05, 3.63) is 94.1 Å². The van der Waals surface area contributed by atoms with Crippen molar-refractivity contribution >= 4 is 27.0 Å². The van der Waals surface area contributed by atoms with E-state index in [0.29, 0.717) is 31.1 Å². The summed E-state index contributed by atoms with van der Waals surface area (Å²) in [5.74, 6) is 0.825. The van der Waals surface area contributed by atoms with Gasteiger partial charge in [0.2, 0.25) is 10.0 Å². The molecule has 0 radical (unpaired) electrons. The standard InChI is InChI=1S/C31H35N3O3S2/c1-3-37-28-16-14-27(15-17-28)32-31-34(22-25-10-8-24(2)9-11-25)30(23-38-31)26-12-18-29(19-13-26)39(35,36)33-20-6-4-5-7-21-33/h8-19,23H,3-7,20-22H2,1-2H3. The minimum atomic E-state index is -3.49. The fraction of sp³-hybridized carbons (Fsp3) is 0.323. The monoisotopic (exact) mass is 561 g/mol. The van der Waals surface area contributed by atoms with E-state index >= 15 is 0 Å². The zero-order chi connectivity index (χ0) is 27.2. The molecule has 6 nitrogen and oxygen atoms in total. The number of hydrogen-bond acceptors (Lipinski definition) is 5. The largest absolute Gasteiger partial charge is 0.494 e. The second-order valence-electron chi connectivity index (χ2n) is 9.86. The SMILES string of the molecule is CCOc1ccc(N=c2scc(-c3ccc(S(=O)(=O)N4CCCCCC4)cc3)n2Cc2ccc(C)cc2)cc1. The molecule has 1 saturated heterocycles. The molecule has 0 amide bonds. The fourth-order valence-corrected chi connectivity index (χ4v) is 7.25. The van der Waals surface area contributed by atoms with E-state index in [4.69, 9.17) is 9.73 Å². The summed E-state index contributed by atoms with van der Waals surface area (Å²) < 4.78 is 36.0. The number of hydrogen-bond donors (Lipinski definition) is 0. The summed E-state index contributed by atoms with van der Waals surface area (Å²) in [5.41, 5.74) is 5.21. The van der Waals surface area contributed by atoms with Crippen LogP contribution in [0.5, 0.6) is 5.75 Å². The summed E-state index contributed by atoms with van der Waals surface area (Å²) in [6.45, 7) is 6.53. The molecule has 0 atom stereocenters. The van der Waals surface area contributed by atoms with Gasteiger partial charge in [-0.1, -0.05) is 54.8 Å². The Bertz CT molecular complexity index is 1550. The van der Waals surface area contributed by atoms with Crippen LogP contribution in [0.1, 0.15) is 43.7 Å². The number of ether oxygens (including phenoxy) is 1. The van der Waals surface area contributed by atoms with Crippen molar-refractivity contribution in [3.8, 4) is 17.0 Å². The van der Waals surface area contributed by atoms with E-state index in [9.17, 15) is 8.42 Å². The molecule has 3 aromatic carbocycles. The van der Waals surface area contributed by atoms with Crippen LogP contribution in [0.3, 0.4) is 0 Å². The van der Waals surface area contributed by atoms with Crippen LogP contribution < -0.4 is 9.54 Å². The van der Waals surface area contributed by atoms with Gasteiger partial charge in [-0.2, -0.15) is 4.31 Å². The summed E-state index contributed by atoms with van der Waals surface area (Å²) in [7, 11) is -3.49. The van der Waals surface area contributed by atoms with Gasteiger partial charge in [-0.3, -0.25) is 0 Å². The zero-order valence-electron chi connectivity index (χ0n) is 22.5. The first-order valence-electron chi connectivity index (χ1n) is 13.6. The van der Waals surface area contributed by atoms with Crippen LogP contribution in [0.4, 0.5) is 5.69 Å². The molecule has 1 fully saturated rings. The highest BCUT2D eigenvalue weighted by atomic mass is 32.2. The second-order valence-corrected chi connectivity index (χ2v) is 12.6. The Labute approximate surface area is 235 Å². The van der Waals surface area contributed by atoms with Gasteiger partial charge < -0.3 is 9.30 Å². The van der Waals surface area contributed by atoms with Gasteiger partial charge in [0.15, 0.2) is 4.80 Å². The van der Waals surface area contributed by atoms with E-state index in [-0.39, 0.29) is 0 Å². The van der Waals surface area contributed by atoms with Gasteiger partial charge in [0.1, 0.15) is 5.75 Å². The highest BCUT2D eigenvalue weighted by Gasteiger charge is 2.25. The zero-order valence-corrected chi connectivity index (χ0v) is 24.2. The molecule has 8 heteroatoms. The number of aromatic nitrogens is 1. The first-order chi connectivity index (χ1) is 18.9. The maximum atomic E-state index is 13.3. The highest BCUT2D eigenvalue weighted by molar-refractivity contribution is 7.89. The predicted molar refractivity (Wildman–Crippen MR) is 158 cm³/mol. The van der Waals surface area contributed by atoms with Crippen LogP contribution in [0, 0.1) is 6.92 Å². The van der Waals surface area contributed by atoms with E-state index < -0.39 is 10.0 Å². The molecule has 2 heterocycles. The van der Waals surface area contributed by atoms with Crippen LogP contribution in [0.25, 0.3) is 11.3 Å². The molecule has 1 aliphatic heterocycles. The first-order valence-corrected chi connectivity index (χ1v) is 15.9. The third-order valence-corrected chi connectivity index (χ3v) is 9.76. The van der Waals surface area contributed by atoms with Gasteiger partial charge in [0.25, 0.3) is 0 Å². The van der Waals surface area contributed by atoms with Gasteiger partial charge in [-0.05, 0) is 74.2 Å². The number of thiazole rings is 1. The van der Waals surface area contributed by atoms with Gasteiger partial charge >= 0.3 is 0 Å². The second kappa shape index (κ2) is 12.3. The minimum absolute atomic E-state index is 0.354. The van der Waals surface area contributed by atoms with Crippen LogP contribution >= 0.6 is 11.3 Å². The maximum absolute atomic E-state index is 13.3. The van der Waals surface area contributed by atoms with E-state index in [1.807, 2.05) is 43.3 Å². The van der Waals surface area contributed by atoms with Crippen molar-refractivity contribution in [1.82, 2.24) is 8.87 Å². The van der Waals surface area contributed by atoms with Crippen molar-refractivity contribution in [2.45, 2.75) is 51.0 Å². The molecule has 5 rings (SSSR count). The highest BCUT2D eigenvalue weighted by Crippen LogP contribution is 2.26. The third kappa shape index (κ3) is 6.52. The predicted octanol–water partition coefficient (Wildman–Crippen LogP) is 6.77. The Balaban J connectivity index is 1.50. The summed E-state index contributed by atoms with van der Waals surface area (Å²) >= 11 is 1.58. The van der Waals surface area contributed by atoms with Crippen molar-refractivity contribution in [3.63, 3.8) is 0 Å². The normalized spacial score (nSPS) is 15.3. The summed E-state index contributed by atoms with van der Waals surface area (Å²) in [5, 5.41) is 2.10. The number of aryl methyl sites for hydroxylation is 1. The summed E-state index contributed by atoms with van der Waals surface area (Å²) in [4.78, 5) is 6.18. The first kappa shape index (κ1) is 27.4. The molecule has 1 aliphatic rings. The Hall–Kier alpha value is -3.20. The van der Waals surface area contributed by atoms with Crippen LogP contribution in [-0.4, -0.2) is 37.0 Å². The summed E-state index contributed by atoms with van der Waals surface area (Å²) in [6, 6.07) is 23.6. The molecule has 39 heavy (non-hydrogen) atoms. The molecule has 0 aliphatic carbocycles.